The number of halogens is 2. The van der Waals surface area contributed by atoms with Crippen molar-refractivity contribution in [3.63, 3.8) is 0 Å². The minimum absolute atomic E-state index is 0.0726. The molecule has 1 amide bonds. The Labute approximate surface area is 82.4 Å². The first kappa shape index (κ1) is 10.9. The van der Waals surface area contributed by atoms with Gasteiger partial charge in [-0.05, 0) is 6.42 Å². The number of carbonyl (C=O) groups is 1. The molecule has 3 nitrogen and oxygen atoms in total. The van der Waals surface area contributed by atoms with Gasteiger partial charge in [-0.1, -0.05) is 31.9 Å². The van der Waals surface area contributed by atoms with Gasteiger partial charge in [0.1, 0.15) is 6.54 Å². The molecule has 0 aromatic heterocycles. The number of rotatable bonds is 4. The van der Waals surface area contributed by atoms with Gasteiger partial charge in [0.05, 0.1) is 10.9 Å². The third-order valence-electron chi connectivity index (χ3n) is 0.989. The second kappa shape index (κ2) is 6.62. The van der Waals surface area contributed by atoms with Gasteiger partial charge in [0.15, 0.2) is 0 Å². The van der Waals surface area contributed by atoms with Crippen molar-refractivity contribution in [1.29, 1.82) is 5.26 Å². The second-order valence-corrected chi connectivity index (χ2v) is 3.72. The van der Waals surface area contributed by atoms with Crippen molar-refractivity contribution in [3.05, 3.63) is 0 Å². The maximum atomic E-state index is 11.0. The van der Waals surface area contributed by atoms with Gasteiger partial charge in [-0.3, -0.25) is 4.79 Å². The van der Waals surface area contributed by atoms with Crippen LogP contribution >= 0.6 is 31.9 Å². The maximum Gasteiger partial charge on any atom is 0.234 e. The predicted octanol–water partition coefficient (Wildman–Crippen LogP) is 1.17. The summed E-state index contributed by atoms with van der Waals surface area (Å²) in [5, 5.41) is 11.4. The lowest BCUT2D eigenvalue weighted by Gasteiger charge is -2.05. The van der Waals surface area contributed by atoms with Gasteiger partial charge in [-0.15, -0.1) is 0 Å². The molecule has 0 radical (unpaired) electrons. The van der Waals surface area contributed by atoms with E-state index < -0.39 is 0 Å². The monoisotopic (exact) mass is 282 g/mol. The molecule has 0 unspecified atom stereocenters. The van der Waals surface area contributed by atoms with E-state index in [2.05, 4.69) is 37.2 Å². The second-order valence-electron chi connectivity index (χ2n) is 1.82. The van der Waals surface area contributed by atoms with Crippen LogP contribution in [-0.4, -0.2) is 22.6 Å². The van der Waals surface area contributed by atoms with Crippen molar-refractivity contribution >= 4 is 37.8 Å². The Bertz CT molecular complexity index is 166. The maximum absolute atomic E-state index is 11.0. The van der Waals surface area contributed by atoms with Gasteiger partial charge in [0.2, 0.25) is 5.91 Å². The largest absolute Gasteiger partial charge is 0.342 e. The number of nitriles is 1. The van der Waals surface area contributed by atoms with Crippen LogP contribution in [0.5, 0.6) is 0 Å². The third-order valence-corrected chi connectivity index (χ3v) is 2.32. The molecule has 0 aliphatic rings. The van der Waals surface area contributed by atoms with Gasteiger partial charge >= 0.3 is 0 Å². The summed E-state index contributed by atoms with van der Waals surface area (Å²) in [4.78, 5) is 10.8. The van der Waals surface area contributed by atoms with Gasteiger partial charge in [0, 0.05) is 5.33 Å². The zero-order valence-corrected chi connectivity index (χ0v) is 8.98. The van der Waals surface area contributed by atoms with Crippen LogP contribution in [0.1, 0.15) is 6.42 Å². The molecule has 11 heavy (non-hydrogen) atoms. The van der Waals surface area contributed by atoms with E-state index in [1.165, 1.54) is 0 Å². The Hall–Kier alpha value is -0.0800. The first-order chi connectivity index (χ1) is 5.22. The number of nitrogens with one attached hydrogen (secondary N) is 1. The average molecular weight is 284 g/mol. The van der Waals surface area contributed by atoms with Crippen LogP contribution in [-0.2, 0) is 4.79 Å². The van der Waals surface area contributed by atoms with E-state index in [0.29, 0.717) is 0 Å². The summed E-state index contributed by atoms with van der Waals surface area (Å²) in [7, 11) is 0. The Morgan fingerprint density at radius 2 is 2.36 bits per heavy atom. The fourth-order valence-corrected chi connectivity index (χ4v) is 1.93. The van der Waals surface area contributed by atoms with Gasteiger partial charge < -0.3 is 5.32 Å². The lowest BCUT2D eigenvalue weighted by molar-refractivity contribution is -0.120. The molecular formula is C6H8Br2N2O. The van der Waals surface area contributed by atoms with Crippen LogP contribution in [0.15, 0.2) is 0 Å². The van der Waals surface area contributed by atoms with Crippen LogP contribution in [0.4, 0.5) is 0 Å². The molecule has 0 rings (SSSR count). The number of hydrogen-bond acceptors (Lipinski definition) is 2. The molecule has 0 heterocycles. The summed E-state index contributed by atoms with van der Waals surface area (Å²) < 4.78 is 0. The summed E-state index contributed by atoms with van der Waals surface area (Å²) in [6.45, 7) is 0.0726. The molecule has 0 aliphatic heterocycles. The Kier molecular flexibility index (Phi) is 6.57. The first-order valence-corrected chi connectivity index (χ1v) is 5.10. The van der Waals surface area contributed by atoms with Crippen molar-refractivity contribution in [2.75, 3.05) is 11.9 Å². The van der Waals surface area contributed by atoms with E-state index in [1.54, 1.807) is 0 Å². The van der Waals surface area contributed by atoms with E-state index in [4.69, 9.17) is 5.26 Å². The van der Waals surface area contributed by atoms with E-state index in [9.17, 15) is 4.79 Å². The zero-order valence-electron chi connectivity index (χ0n) is 5.81. The van der Waals surface area contributed by atoms with E-state index in [0.717, 1.165) is 11.8 Å². The van der Waals surface area contributed by atoms with Crippen molar-refractivity contribution in [3.8, 4) is 6.07 Å². The van der Waals surface area contributed by atoms with Crippen LogP contribution in [0.25, 0.3) is 0 Å². The molecule has 0 saturated heterocycles. The number of alkyl halides is 2. The average Bonchev–Trinajstić information content (AvgIpc) is 2.00. The minimum Gasteiger partial charge on any atom is -0.342 e. The molecule has 0 aliphatic carbocycles. The zero-order chi connectivity index (χ0) is 8.69. The summed E-state index contributed by atoms with van der Waals surface area (Å²) >= 11 is 6.39. The number of nitrogens with zero attached hydrogens (tertiary/aromatic N) is 1. The molecule has 0 aromatic rings. The lowest BCUT2D eigenvalue weighted by Crippen LogP contribution is -2.31. The van der Waals surface area contributed by atoms with Crippen molar-refractivity contribution in [2.24, 2.45) is 0 Å². The van der Waals surface area contributed by atoms with Crippen LogP contribution in [0.2, 0.25) is 0 Å². The number of amides is 1. The fourth-order valence-electron chi connectivity index (χ4n) is 0.464. The van der Waals surface area contributed by atoms with E-state index in [1.807, 2.05) is 6.07 Å². The van der Waals surface area contributed by atoms with Gasteiger partial charge in [-0.2, -0.15) is 5.26 Å². The highest BCUT2D eigenvalue weighted by molar-refractivity contribution is 9.10. The number of carbonyl (C=O) groups excluding carboxylic acids is 1. The van der Waals surface area contributed by atoms with Crippen LogP contribution in [0.3, 0.4) is 0 Å². The summed E-state index contributed by atoms with van der Waals surface area (Å²) in [6.07, 6.45) is 0.720. The molecular weight excluding hydrogens is 276 g/mol. The molecule has 1 atom stereocenters. The Balaban J connectivity index is 3.57. The molecule has 1 N–H and O–H groups in total. The summed E-state index contributed by atoms with van der Waals surface area (Å²) in [5.41, 5.74) is 0. The molecule has 0 saturated carbocycles. The Morgan fingerprint density at radius 3 is 2.82 bits per heavy atom. The summed E-state index contributed by atoms with van der Waals surface area (Å²) in [6, 6.07) is 1.83. The van der Waals surface area contributed by atoms with Gasteiger partial charge in [-0.25, -0.2) is 0 Å². The van der Waals surface area contributed by atoms with E-state index >= 15 is 0 Å². The van der Waals surface area contributed by atoms with Crippen LogP contribution < -0.4 is 5.32 Å². The molecule has 0 aromatic carbocycles. The van der Waals surface area contributed by atoms with Crippen molar-refractivity contribution in [2.45, 2.75) is 11.2 Å². The lowest BCUT2D eigenvalue weighted by atomic mass is 10.3. The Morgan fingerprint density at radius 1 is 1.73 bits per heavy atom. The molecule has 0 spiro atoms. The highest BCUT2D eigenvalue weighted by Crippen LogP contribution is 2.06. The quantitative estimate of drug-likeness (QED) is 0.622. The van der Waals surface area contributed by atoms with Gasteiger partial charge in [0.25, 0.3) is 0 Å². The molecule has 0 bridgehead atoms. The smallest absolute Gasteiger partial charge is 0.234 e. The third kappa shape index (κ3) is 5.22. The molecule has 0 fully saturated rings. The highest BCUT2D eigenvalue weighted by atomic mass is 79.9. The summed E-state index contributed by atoms with van der Waals surface area (Å²) in [5.74, 6) is -0.133. The minimum atomic E-state index is -0.199. The fraction of sp³-hybridized carbons (Fsp3) is 0.667. The molecule has 62 valence electrons. The topological polar surface area (TPSA) is 52.9 Å². The normalized spacial score (nSPS) is 11.7. The predicted molar refractivity (Wildman–Crippen MR) is 49.7 cm³/mol. The van der Waals surface area contributed by atoms with Crippen molar-refractivity contribution in [1.82, 2.24) is 5.32 Å². The van der Waals surface area contributed by atoms with Crippen molar-refractivity contribution < 1.29 is 4.79 Å². The standard InChI is InChI=1S/C6H8Br2N2O/c7-2-1-5(8)6(11)10-4-3-9/h5H,1-2,4H2,(H,10,11)/t5-/m1/s1. The van der Waals surface area contributed by atoms with Crippen LogP contribution in [0, 0.1) is 11.3 Å². The number of hydrogen-bond donors (Lipinski definition) is 1. The molecule has 5 heteroatoms. The highest BCUT2D eigenvalue weighted by Gasteiger charge is 2.12. The van der Waals surface area contributed by atoms with E-state index in [-0.39, 0.29) is 17.3 Å². The first-order valence-electron chi connectivity index (χ1n) is 3.07. The SMILES string of the molecule is N#CCNC(=O)[C@H](Br)CCBr.